The topological polar surface area (TPSA) is 88.3 Å². The van der Waals surface area contributed by atoms with Crippen LogP contribution in [0.1, 0.15) is 31.0 Å². The molecule has 0 amide bonds. The lowest BCUT2D eigenvalue weighted by Crippen LogP contribution is -2.40. The summed E-state index contributed by atoms with van der Waals surface area (Å²) in [7, 11) is 3.06. The maximum atomic E-state index is 14.0. The van der Waals surface area contributed by atoms with Crippen molar-refractivity contribution in [2.24, 2.45) is 4.99 Å². The fourth-order valence-electron chi connectivity index (χ4n) is 4.26. The molecule has 0 spiro atoms. The number of aromatic nitrogens is 1. The van der Waals surface area contributed by atoms with Gasteiger partial charge in [-0.2, -0.15) is 0 Å². The number of nitrogens with zero attached hydrogens (tertiary/aromatic N) is 2. The summed E-state index contributed by atoms with van der Waals surface area (Å²) in [6, 6.07) is 6.39. The molecule has 4 rings (SSSR count). The maximum Gasteiger partial charge on any atom is 0.338 e. The highest BCUT2D eigenvalue weighted by molar-refractivity contribution is 9.11. The summed E-state index contributed by atoms with van der Waals surface area (Å²) in [6.07, 6.45) is 3.44. The predicted molar refractivity (Wildman–Crippen MR) is 165 cm³/mol. The van der Waals surface area contributed by atoms with Crippen LogP contribution in [0.15, 0.2) is 71.4 Å². The number of hydrogen-bond donors (Lipinski definition) is 0. The minimum Gasteiger partial charge on any atom is -0.493 e. The number of methoxy groups -OCH3 is 2. The van der Waals surface area contributed by atoms with Gasteiger partial charge in [-0.3, -0.25) is 9.36 Å². The van der Waals surface area contributed by atoms with Gasteiger partial charge >= 0.3 is 5.97 Å². The Hall–Kier alpha value is -2.67. The van der Waals surface area contributed by atoms with Gasteiger partial charge in [0.25, 0.3) is 5.56 Å². The van der Waals surface area contributed by atoms with E-state index in [1.54, 1.807) is 38.1 Å². The van der Waals surface area contributed by atoms with Crippen LogP contribution in [0.25, 0.3) is 6.08 Å². The third-order valence-electron chi connectivity index (χ3n) is 5.98. The summed E-state index contributed by atoms with van der Waals surface area (Å²) in [5, 5.41) is 0. The van der Waals surface area contributed by atoms with Crippen LogP contribution in [0, 0.1) is 0 Å². The van der Waals surface area contributed by atoms with E-state index < -0.39 is 12.0 Å². The summed E-state index contributed by atoms with van der Waals surface area (Å²) in [5.41, 5.74) is 1.82. The van der Waals surface area contributed by atoms with E-state index in [-0.39, 0.29) is 17.7 Å². The van der Waals surface area contributed by atoms with Crippen LogP contribution in [0.3, 0.4) is 0 Å². The molecule has 0 saturated heterocycles. The van der Waals surface area contributed by atoms with Crippen LogP contribution in [-0.2, 0) is 9.53 Å². The van der Waals surface area contributed by atoms with E-state index in [4.69, 9.17) is 18.9 Å². The molecule has 0 saturated carbocycles. The van der Waals surface area contributed by atoms with Crippen LogP contribution >= 0.6 is 59.1 Å². The van der Waals surface area contributed by atoms with Crippen molar-refractivity contribution >= 4 is 71.2 Å². The first-order chi connectivity index (χ1) is 19.1. The molecule has 0 bridgehead atoms. The van der Waals surface area contributed by atoms with Crippen molar-refractivity contribution < 1.29 is 23.7 Å². The van der Waals surface area contributed by atoms with Gasteiger partial charge in [0.15, 0.2) is 16.3 Å². The van der Waals surface area contributed by atoms with E-state index in [1.807, 2.05) is 12.1 Å². The normalized spacial score (nSPS) is 14.9. The fourth-order valence-corrected chi connectivity index (χ4v) is 7.30. The second-order valence-corrected chi connectivity index (χ2v) is 12.0. The van der Waals surface area contributed by atoms with E-state index in [0.717, 1.165) is 14.5 Å². The van der Waals surface area contributed by atoms with E-state index in [9.17, 15) is 9.59 Å². The van der Waals surface area contributed by atoms with Crippen molar-refractivity contribution in [2.45, 2.75) is 19.9 Å². The zero-order valence-electron chi connectivity index (χ0n) is 22.0. The average molecular weight is 757 g/mol. The highest BCUT2D eigenvalue weighted by Gasteiger charge is 2.35. The summed E-state index contributed by atoms with van der Waals surface area (Å²) in [5.74, 6) is 1.04. The van der Waals surface area contributed by atoms with Crippen molar-refractivity contribution in [1.82, 2.24) is 4.57 Å². The first-order valence-corrected chi connectivity index (χ1v) is 15.2. The molecule has 0 N–H and O–H groups in total. The monoisotopic (exact) mass is 754 g/mol. The lowest BCUT2D eigenvalue weighted by atomic mass is 9.95. The zero-order chi connectivity index (χ0) is 29.1. The molecule has 0 radical (unpaired) electrons. The molecule has 1 aliphatic heterocycles. The quantitative estimate of drug-likeness (QED) is 0.207. The first kappa shape index (κ1) is 30.3. The molecule has 1 aliphatic rings. The molecule has 2 heterocycles. The molecule has 0 unspecified atom stereocenters. The van der Waals surface area contributed by atoms with Gasteiger partial charge < -0.3 is 18.9 Å². The molecule has 3 aromatic rings. The summed E-state index contributed by atoms with van der Waals surface area (Å²) in [4.78, 5) is 32.3. The lowest BCUT2D eigenvalue weighted by molar-refractivity contribution is -0.139. The van der Waals surface area contributed by atoms with E-state index in [1.165, 1.54) is 30.1 Å². The molecule has 1 atom stereocenters. The molecule has 2 aromatic carbocycles. The number of thiazole rings is 1. The third kappa shape index (κ3) is 5.86. The van der Waals surface area contributed by atoms with Gasteiger partial charge in [0.05, 0.1) is 51.6 Å². The number of esters is 1. The SMILES string of the molecule is C=CCOc1c(Br)cc(/C=c2\sc3n(c2=O)[C@H](c2cc(OC)c(OC)cc2Br)C(C(=O)OCC)=C(C)N=3)cc1Br. The Morgan fingerprint density at radius 1 is 1.10 bits per heavy atom. The smallest absolute Gasteiger partial charge is 0.338 e. The Labute approximate surface area is 260 Å². The second kappa shape index (κ2) is 12.9. The number of carbonyl (C=O) groups excluding carboxylic acids is 1. The molecule has 40 heavy (non-hydrogen) atoms. The Kier molecular flexibility index (Phi) is 9.76. The molecule has 210 valence electrons. The number of hydrogen-bond acceptors (Lipinski definition) is 8. The van der Waals surface area contributed by atoms with Gasteiger partial charge in [-0.05, 0) is 87.2 Å². The minimum atomic E-state index is -0.820. The number of benzene rings is 2. The van der Waals surface area contributed by atoms with Gasteiger partial charge in [0.2, 0.25) is 0 Å². The number of ether oxygens (including phenoxy) is 4. The van der Waals surface area contributed by atoms with Crippen molar-refractivity contribution in [3.05, 3.63) is 92.4 Å². The van der Waals surface area contributed by atoms with Crippen molar-refractivity contribution in [2.75, 3.05) is 27.4 Å². The number of allylic oxidation sites excluding steroid dienone is 1. The van der Waals surface area contributed by atoms with Crippen molar-refractivity contribution in [3.8, 4) is 17.2 Å². The Bertz CT molecular complexity index is 1690. The van der Waals surface area contributed by atoms with E-state index >= 15 is 0 Å². The number of rotatable bonds is 9. The maximum absolute atomic E-state index is 14.0. The highest BCUT2D eigenvalue weighted by Crippen LogP contribution is 2.41. The van der Waals surface area contributed by atoms with Crippen LogP contribution in [-0.4, -0.2) is 38.0 Å². The fraction of sp³-hybridized carbons (Fsp3) is 0.250. The molecule has 8 nitrogen and oxygen atoms in total. The molecule has 1 aromatic heterocycles. The Morgan fingerprint density at radius 3 is 2.35 bits per heavy atom. The van der Waals surface area contributed by atoms with Gasteiger partial charge in [0.1, 0.15) is 12.4 Å². The number of halogens is 3. The van der Waals surface area contributed by atoms with Crippen LogP contribution < -0.4 is 29.1 Å². The average Bonchev–Trinajstić information content (AvgIpc) is 3.21. The van der Waals surface area contributed by atoms with Gasteiger partial charge in [-0.15, -0.1) is 0 Å². The van der Waals surface area contributed by atoms with Gasteiger partial charge in [-0.25, -0.2) is 9.79 Å². The predicted octanol–water partition coefficient (Wildman–Crippen LogP) is 5.67. The van der Waals surface area contributed by atoms with E-state index in [2.05, 4.69) is 59.4 Å². The largest absolute Gasteiger partial charge is 0.493 e. The Balaban J connectivity index is 1.96. The summed E-state index contributed by atoms with van der Waals surface area (Å²) < 4.78 is 26.1. The van der Waals surface area contributed by atoms with Crippen LogP contribution in [0.4, 0.5) is 0 Å². The van der Waals surface area contributed by atoms with Crippen molar-refractivity contribution in [1.29, 1.82) is 0 Å². The summed E-state index contributed by atoms with van der Waals surface area (Å²) >= 11 is 11.9. The molecule has 0 fully saturated rings. The molecule has 0 aliphatic carbocycles. The lowest BCUT2D eigenvalue weighted by Gasteiger charge is -2.26. The summed E-state index contributed by atoms with van der Waals surface area (Å²) in [6.45, 7) is 7.67. The first-order valence-electron chi connectivity index (χ1n) is 12.0. The van der Waals surface area contributed by atoms with Crippen molar-refractivity contribution in [3.63, 3.8) is 0 Å². The molecular formula is C28H25Br3N2O6S. The molecular weight excluding hydrogens is 732 g/mol. The minimum absolute atomic E-state index is 0.177. The molecule has 12 heteroatoms. The van der Waals surface area contributed by atoms with Gasteiger partial charge in [0, 0.05) is 4.47 Å². The standard InChI is InChI=1S/C28H25Br3N2O6S/c1-6-8-39-25-18(30)9-15(10-19(25)31)11-22-26(34)33-24(16-12-20(36-4)21(37-5)13-17(16)29)23(27(35)38-7-2)14(3)32-28(33)40-22/h6,9-13,24H,1,7-8H2,2-5H3/b22-11-/t24-/m1/s1. The van der Waals surface area contributed by atoms with Gasteiger partial charge in [-0.1, -0.05) is 39.9 Å². The van der Waals surface area contributed by atoms with Crippen LogP contribution in [0.5, 0.6) is 17.2 Å². The van der Waals surface area contributed by atoms with E-state index in [0.29, 0.717) is 48.9 Å². The Morgan fingerprint density at radius 2 is 1.75 bits per heavy atom. The highest BCUT2D eigenvalue weighted by atomic mass is 79.9. The van der Waals surface area contributed by atoms with Crippen LogP contribution in [0.2, 0.25) is 0 Å². The number of fused-ring (bicyclic) bond motifs is 1. The number of carbonyl (C=O) groups is 1. The third-order valence-corrected chi connectivity index (χ3v) is 8.83. The second-order valence-electron chi connectivity index (χ2n) is 8.44. The zero-order valence-corrected chi connectivity index (χ0v) is 27.6.